The molecule has 1 unspecified atom stereocenters. The number of hydrogen-bond acceptors (Lipinski definition) is 2. The molecule has 0 amide bonds. The Morgan fingerprint density at radius 3 is 3.20 bits per heavy atom. The predicted octanol–water partition coefficient (Wildman–Crippen LogP) is 2.16. The molecule has 2 nitrogen and oxygen atoms in total. The van der Waals surface area contributed by atoms with Gasteiger partial charge in [-0.3, -0.25) is 0 Å². The average Bonchev–Trinajstić information content (AvgIpc) is 2.25. The highest BCUT2D eigenvalue weighted by Gasteiger charge is 2.17. The molecule has 3 heteroatoms. The highest BCUT2D eigenvalue weighted by molar-refractivity contribution is 5.54. The first kappa shape index (κ1) is 10.4. The Labute approximate surface area is 89.9 Å². The summed E-state index contributed by atoms with van der Waals surface area (Å²) >= 11 is 0. The normalized spacial score (nSPS) is 19.5. The molecule has 2 N–H and O–H groups in total. The van der Waals surface area contributed by atoms with E-state index in [9.17, 15) is 4.39 Å². The Morgan fingerprint density at radius 1 is 1.53 bits per heavy atom. The summed E-state index contributed by atoms with van der Waals surface area (Å²) in [6, 6.07) is 5.49. The zero-order valence-corrected chi connectivity index (χ0v) is 9.02. The van der Waals surface area contributed by atoms with Crippen LogP contribution in [0, 0.1) is 5.82 Å². The summed E-state index contributed by atoms with van der Waals surface area (Å²) in [7, 11) is 1.95. The van der Waals surface area contributed by atoms with Gasteiger partial charge in [-0.25, -0.2) is 4.39 Å². The lowest BCUT2D eigenvalue weighted by Gasteiger charge is -2.27. The van der Waals surface area contributed by atoms with E-state index in [1.54, 1.807) is 6.07 Å². The number of hydrogen-bond donors (Lipinski definition) is 2. The van der Waals surface area contributed by atoms with Crippen molar-refractivity contribution in [1.29, 1.82) is 0 Å². The van der Waals surface area contributed by atoms with Gasteiger partial charge in [0.2, 0.25) is 0 Å². The molecule has 1 aliphatic rings. The predicted molar refractivity (Wildman–Crippen MR) is 60.7 cm³/mol. The molecule has 1 aliphatic heterocycles. The Balaban J connectivity index is 2.05. The van der Waals surface area contributed by atoms with Gasteiger partial charge in [0.15, 0.2) is 0 Å². The molecule has 0 fully saturated rings. The van der Waals surface area contributed by atoms with Crippen LogP contribution in [0.25, 0.3) is 0 Å². The van der Waals surface area contributed by atoms with E-state index in [-0.39, 0.29) is 5.82 Å². The van der Waals surface area contributed by atoms with Crippen molar-refractivity contribution in [2.75, 3.05) is 18.9 Å². The van der Waals surface area contributed by atoms with Gasteiger partial charge < -0.3 is 10.6 Å². The first-order valence-corrected chi connectivity index (χ1v) is 5.49. The second-order valence-corrected chi connectivity index (χ2v) is 4.07. The van der Waals surface area contributed by atoms with Gasteiger partial charge in [-0.2, -0.15) is 0 Å². The minimum Gasteiger partial charge on any atom is -0.382 e. The lowest BCUT2D eigenvalue weighted by molar-refractivity contribution is 0.564. The van der Waals surface area contributed by atoms with Gasteiger partial charge >= 0.3 is 0 Å². The summed E-state index contributed by atoms with van der Waals surface area (Å²) in [4.78, 5) is 0. The largest absolute Gasteiger partial charge is 0.382 e. The number of halogens is 1. The monoisotopic (exact) mass is 208 g/mol. The third kappa shape index (κ3) is 2.48. The van der Waals surface area contributed by atoms with Crippen molar-refractivity contribution in [3.05, 3.63) is 29.6 Å². The molecule has 15 heavy (non-hydrogen) atoms. The van der Waals surface area contributed by atoms with Crippen molar-refractivity contribution in [2.24, 2.45) is 0 Å². The van der Waals surface area contributed by atoms with Gasteiger partial charge in [0, 0.05) is 11.7 Å². The van der Waals surface area contributed by atoms with Crippen LogP contribution < -0.4 is 10.6 Å². The molecule has 0 spiro atoms. The Hall–Kier alpha value is -1.09. The molecule has 0 aliphatic carbocycles. The molecule has 0 bridgehead atoms. The number of benzene rings is 1. The average molecular weight is 208 g/mol. The number of fused-ring (bicyclic) bond motifs is 1. The van der Waals surface area contributed by atoms with Gasteiger partial charge in [0.05, 0.1) is 0 Å². The van der Waals surface area contributed by atoms with Gasteiger partial charge in [-0.05, 0) is 50.6 Å². The fraction of sp³-hybridized carbons (Fsp3) is 0.500. The van der Waals surface area contributed by atoms with E-state index < -0.39 is 0 Å². The standard InChI is InChI=1S/C12H17FN2/c1-14-7-6-11-5-3-9-2-4-10(13)8-12(9)15-11/h2,4,8,11,14-15H,3,5-7H2,1H3. The minimum absolute atomic E-state index is 0.157. The molecule has 1 heterocycles. The molecule has 0 aromatic heterocycles. The van der Waals surface area contributed by atoms with Gasteiger partial charge in [-0.1, -0.05) is 6.07 Å². The highest BCUT2D eigenvalue weighted by atomic mass is 19.1. The Morgan fingerprint density at radius 2 is 2.40 bits per heavy atom. The molecule has 1 aromatic carbocycles. The van der Waals surface area contributed by atoms with Crippen LogP contribution in [0.4, 0.5) is 10.1 Å². The summed E-state index contributed by atoms with van der Waals surface area (Å²) in [5, 5.41) is 6.53. The van der Waals surface area contributed by atoms with Crippen LogP contribution in [0.2, 0.25) is 0 Å². The molecule has 1 aromatic rings. The quantitative estimate of drug-likeness (QED) is 0.795. The Kier molecular flexibility index (Phi) is 3.21. The fourth-order valence-electron chi connectivity index (χ4n) is 2.06. The maximum Gasteiger partial charge on any atom is 0.125 e. The smallest absolute Gasteiger partial charge is 0.125 e. The van der Waals surface area contributed by atoms with Crippen LogP contribution in [-0.4, -0.2) is 19.6 Å². The topological polar surface area (TPSA) is 24.1 Å². The minimum atomic E-state index is -0.157. The van der Waals surface area contributed by atoms with E-state index in [0.717, 1.165) is 31.5 Å². The first-order valence-electron chi connectivity index (χ1n) is 5.49. The summed E-state index contributed by atoms with van der Waals surface area (Å²) in [6.45, 7) is 1.00. The number of aryl methyl sites for hydroxylation is 1. The van der Waals surface area contributed by atoms with E-state index >= 15 is 0 Å². The number of anilines is 1. The third-order valence-electron chi connectivity index (χ3n) is 2.94. The number of rotatable bonds is 3. The molecule has 1 atom stereocenters. The van der Waals surface area contributed by atoms with E-state index in [0.29, 0.717) is 6.04 Å². The second-order valence-electron chi connectivity index (χ2n) is 4.07. The zero-order valence-electron chi connectivity index (χ0n) is 9.02. The molecular weight excluding hydrogens is 191 g/mol. The molecule has 0 saturated carbocycles. The zero-order chi connectivity index (χ0) is 10.7. The number of nitrogens with one attached hydrogen (secondary N) is 2. The SMILES string of the molecule is CNCCC1CCc2ccc(F)cc2N1. The molecule has 82 valence electrons. The lowest BCUT2D eigenvalue weighted by atomic mass is 9.96. The van der Waals surface area contributed by atoms with Crippen LogP contribution in [0.3, 0.4) is 0 Å². The van der Waals surface area contributed by atoms with E-state index in [1.165, 1.54) is 11.6 Å². The second kappa shape index (κ2) is 4.62. The van der Waals surface area contributed by atoms with Crippen molar-refractivity contribution in [2.45, 2.75) is 25.3 Å². The summed E-state index contributed by atoms with van der Waals surface area (Å²) in [5.74, 6) is -0.157. The van der Waals surface area contributed by atoms with E-state index in [1.807, 2.05) is 13.1 Å². The van der Waals surface area contributed by atoms with Crippen molar-refractivity contribution < 1.29 is 4.39 Å². The van der Waals surface area contributed by atoms with Gasteiger partial charge in [-0.15, -0.1) is 0 Å². The van der Waals surface area contributed by atoms with E-state index in [4.69, 9.17) is 0 Å². The maximum atomic E-state index is 13.0. The first-order chi connectivity index (χ1) is 7.29. The van der Waals surface area contributed by atoms with Crippen molar-refractivity contribution in [3.8, 4) is 0 Å². The van der Waals surface area contributed by atoms with Crippen molar-refractivity contribution in [1.82, 2.24) is 5.32 Å². The summed E-state index contributed by atoms with van der Waals surface area (Å²) in [5.41, 5.74) is 2.21. The van der Waals surface area contributed by atoms with Crippen LogP contribution in [0.5, 0.6) is 0 Å². The van der Waals surface area contributed by atoms with Gasteiger partial charge in [0.25, 0.3) is 0 Å². The summed E-state index contributed by atoms with van der Waals surface area (Å²) < 4.78 is 13.0. The molecule has 0 radical (unpaired) electrons. The van der Waals surface area contributed by atoms with Crippen LogP contribution >= 0.6 is 0 Å². The van der Waals surface area contributed by atoms with Crippen molar-refractivity contribution >= 4 is 5.69 Å². The lowest BCUT2D eigenvalue weighted by Crippen LogP contribution is -2.28. The fourth-order valence-corrected chi connectivity index (χ4v) is 2.06. The summed E-state index contributed by atoms with van der Waals surface area (Å²) in [6.07, 6.45) is 3.28. The molecule has 0 saturated heterocycles. The van der Waals surface area contributed by atoms with Crippen LogP contribution in [-0.2, 0) is 6.42 Å². The van der Waals surface area contributed by atoms with E-state index in [2.05, 4.69) is 10.6 Å². The molecule has 2 rings (SSSR count). The third-order valence-corrected chi connectivity index (χ3v) is 2.94. The maximum absolute atomic E-state index is 13.0. The molecular formula is C12H17FN2. The highest BCUT2D eigenvalue weighted by Crippen LogP contribution is 2.26. The van der Waals surface area contributed by atoms with Crippen molar-refractivity contribution in [3.63, 3.8) is 0 Å². The van der Waals surface area contributed by atoms with Crippen LogP contribution in [0.1, 0.15) is 18.4 Å². The van der Waals surface area contributed by atoms with Gasteiger partial charge in [0.1, 0.15) is 5.82 Å². The Bertz CT molecular complexity index is 338. The van der Waals surface area contributed by atoms with Crippen LogP contribution in [0.15, 0.2) is 18.2 Å².